The molecule has 8 heteroatoms. The van der Waals surface area contributed by atoms with Gasteiger partial charge < -0.3 is 10.3 Å². The molecule has 0 atom stereocenters. The molecule has 0 saturated carbocycles. The molecular weight excluding hydrogens is 256 g/mol. The summed E-state index contributed by atoms with van der Waals surface area (Å²) in [4.78, 5) is 0. The fourth-order valence-corrected chi connectivity index (χ4v) is 3.17. The molecule has 1 saturated heterocycles. The largest absolute Gasteiger partial charge is 0.360 e. The molecule has 102 valence electrons. The number of rotatable bonds is 5. The van der Waals surface area contributed by atoms with E-state index in [0.29, 0.717) is 31.3 Å². The molecule has 2 rings (SSSR count). The predicted octanol–water partition coefficient (Wildman–Crippen LogP) is -0.320. The Hall–Kier alpha value is -0.960. The van der Waals surface area contributed by atoms with Gasteiger partial charge in [-0.15, -0.1) is 0 Å². The molecular formula is C10H18N4O3S. The Morgan fingerprint density at radius 1 is 1.50 bits per heavy atom. The fourth-order valence-electron chi connectivity index (χ4n) is 1.97. The van der Waals surface area contributed by atoms with Crippen LogP contribution in [0.2, 0.25) is 0 Å². The quantitative estimate of drug-likeness (QED) is 0.766. The van der Waals surface area contributed by atoms with Crippen molar-refractivity contribution in [1.29, 1.82) is 0 Å². The van der Waals surface area contributed by atoms with Crippen LogP contribution in [0.25, 0.3) is 0 Å². The predicted molar refractivity (Wildman–Crippen MR) is 65.6 cm³/mol. The van der Waals surface area contributed by atoms with Gasteiger partial charge in [0, 0.05) is 19.2 Å². The molecule has 0 amide bonds. The van der Waals surface area contributed by atoms with Gasteiger partial charge in [-0.1, -0.05) is 5.16 Å². The molecule has 1 aliphatic heterocycles. The molecule has 0 spiro atoms. The second-order valence-corrected chi connectivity index (χ2v) is 6.14. The number of aromatic nitrogens is 1. The summed E-state index contributed by atoms with van der Waals surface area (Å²) in [5, 5.41) is 3.52. The number of nitrogens with two attached hydrogens (primary N) is 1. The zero-order valence-electron chi connectivity index (χ0n) is 10.1. The molecule has 1 aromatic rings. The highest BCUT2D eigenvalue weighted by molar-refractivity contribution is 7.87. The topological polar surface area (TPSA) is 101 Å². The number of hydrogen-bond acceptors (Lipinski definition) is 5. The van der Waals surface area contributed by atoms with Crippen molar-refractivity contribution in [2.45, 2.75) is 19.4 Å². The maximum absolute atomic E-state index is 12.0. The first-order valence-corrected chi connectivity index (χ1v) is 7.40. The van der Waals surface area contributed by atoms with E-state index in [4.69, 9.17) is 10.3 Å². The number of nitrogens with one attached hydrogen (secondary N) is 1. The van der Waals surface area contributed by atoms with E-state index in [9.17, 15) is 8.42 Å². The highest BCUT2D eigenvalue weighted by Crippen LogP contribution is 2.17. The summed E-state index contributed by atoms with van der Waals surface area (Å²) in [5.41, 5.74) is 5.58. The highest BCUT2D eigenvalue weighted by atomic mass is 32.2. The molecule has 1 aliphatic rings. The summed E-state index contributed by atoms with van der Waals surface area (Å²) in [6, 6.07) is 1.63. The molecule has 1 aromatic heterocycles. The molecule has 1 fully saturated rings. The molecule has 0 bridgehead atoms. The second-order valence-electron chi connectivity index (χ2n) is 4.38. The van der Waals surface area contributed by atoms with Gasteiger partial charge in [-0.3, -0.25) is 0 Å². The lowest BCUT2D eigenvalue weighted by Gasteiger charge is -2.30. The molecule has 3 N–H and O–H groups in total. The molecule has 0 aliphatic carbocycles. The van der Waals surface area contributed by atoms with Crippen molar-refractivity contribution < 1.29 is 12.9 Å². The second kappa shape index (κ2) is 5.79. The third-order valence-electron chi connectivity index (χ3n) is 3.17. The summed E-state index contributed by atoms with van der Waals surface area (Å²) >= 11 is 0. The Morgan fingerprint density at radius 2 is 2.22 bits per heavy atom. The lowest BCUT2D eigenvalue weighted by molar-refractivity contribution is 0.275. The average molecular weight is 274 g/mol. The van der Waals surface area contributed by atoms with Crippen LogP contribution in [0.15, 0.2) is 16.8 Å². The van der Waals surface area contributed by atoms with E-state index in [1.54, 1.807) is 6.07 Å². The maximum atomic E-state index is 12.0. The Morgan fingerprint density at radius 3 is 2.78 bits per heavy atom. The molecule has 0 radical (unpaired) electrons. The summed E-state index contributed by atoms with van der Waals surface area (Å²) in [6.07, 6.45) is 3.12. The van der Waals surface area contributed by atoms with Gasteiger partial charge in [-0.2, -0.15) is 17.4 Å². The van der Waals surface area contributed by atoms with Gasteiger partial charge >= 0.3 is 0 Å². The molecule has 0 unspecified atom stereocenters. The Balaban J connectivity index is 1.87. The van der Waals surface area contributed by atoms with Crippen molar-refractivity contribution in [3.8, 4) is 0 Å². The van der Waals surface area contributed by atoms with E-state index in [1.165, 1.54) is 10.5 Å². The van der Waals surface area contributed by atoms with Crippen molar-refractivity contribution in [3.05, 3.63) is 18.0 Å². The smallest absolute Gasteiger partial charge is 0.279 e. The summed E-state index contributed by atoms with van der Waals surface area (Å²) in [6.45, 7) is 1.79. The first-order chi connectivity index (χ1) is 8.62. The van der Waals surface area contributed by atoms with Gasteiger partial charge in [0.05, 0.1) is 12.7 Å². The van der Waals surface area contributed by atoms with Crippen LogP contribution in [-0.2, 0) is 16.8 Å². The number of nitrogens with zero attached hydrogens (tertiary/aromatic N) is 2. The molecule has 18 heavy (non-hydrogen) atoms. The molecule has 7 nitrogen and oxygen atoms in total. The number of piperidine rings is 1. The molecule has 2 heterocycles. The maximum Gasteiger partial charge on any atom is 0.279 e. The van der Waals surface area contributed by atoms with E-state index in [-0.39, 0.29) is 6.54 Å². The van der Waals surface area contributed by atoms with E-state index in [2.05, 4.69) is 9.88 Å². The van der Waals surface area contributed by atoms with Crippen LogP contribution in [0.1, 0.15) is 18.6 Å². The van der Waals surface area contributed by atoms with E-state index >= 15 is 0 Å². The van der Waals surface area contributed by atoms with Crippen molar-refractivity contribution in [2.75, 3.05) is 19.6 Å². The normalized spacial score (nSPS) is 19.2. The third-order valence-corrected chi connectivity index (χ3v) is 4.72. The van der Waals surface area contributed by atoms with E-state index in [0.717, 1.165) is 12.8 Å². The lowest BCUT2D eigenvalue weighted by Crippen LogP contribution is -2.45. The van der Waals surface area contributed by atoms with E-state index in [1.807, 2.05) is 0 Å². The number of hydrogen-bond donors (Lipinski definition) is 2. The van der Waals surface area contributed by atoms with Gasteiger partial charge in [-0.25, -0.2) is 0 Å². The standard InChI is InChI=1S/C10H18N4O3S/c11-7-9-2-5-14(6-3-9)18(15,16)13-8-10-1-4-12-17-10/h1,4,9,13H,2-3,5-8,11H2. The van der Waals surface area contributed by atoms with Gasteiger partial charge in [0.1, 0.15) is 0 Å². The van der Waals surface area contributed by atoms with Gasteiger partial charge in [0.15, 0.2) is 5.76 Å². The van der Waals surface area contributed by atoms with Crippen LogP contribution in [0.5, 0.6) is 0 Å². The van der Waals surface area contributed by atoms with Crippen molar-refractivity contribution >= 4 is 10.2 Å². The van der Waals surface area contributed by atoms with Crippen molar-refractivity contribution in [1.82, 2.24) is 14.2 Å². The first kappa shape index (κ1) is 13.5. The lowest BCUT2D eigenvalue weighted by atomic mass is 9.99. The minimum atomic E-state index is -3.44. The van der Waals surface area contributed by atoms with Crippen molar-refractivity contribution in [3.63, 3.8) is 0 Å². The Labute approximate surface area is 106 Å². The van der Waals surface area contributed by atoms with Gasteiger partial charge in [0.2, 0.25) is 0 Å². The van der Waals surface area contributed by atoms with Crippen LogP contribution < -0.4 is 10.5 Å². The Kier molecular flexibility index (Phi) is 4.33. The van der Waals surface area contributed by atoms with Crippen molar-refractivity contribution in [2.24, 2.45) is 11.7 Å². The van der Waals surface area contributed by atoms with Crippen LogP contribution in [-0.4, -0.2) is 37.5 Å². The molecule has 0 aromatic carbocycles. The van der Waals surface area contributed by atoms with E-state index < -0.39 is 10.2 Å². The monoisotopic (exact) mass is 274 g/mol. The highest BCUT2D eigenvalue weighted by Gasteiger charge is 2.27. The zero-order valence-corrected chi connectivity index (χ0v) is 10.9. The average Bonchev–Trinajstić information content (AvgIpc) is 2.90. The van der Waals surface area contributed by atoms with Crippen LogP contribution in [0, 0.1) is 5.92 Å². The minimum Gasteiger partial charge on any atom is -0.360 e. The van der Waals surface area contributed by atoms with Gasteiger partial charge in [-0.05, 0) is 25.3 Å². The third kappa shape index (κ3) is 3.29. The van der Waals surface area contributed by atoms with Crippen LogP contribution in [0.3, 0.4) is 0 Å². The summed E-state index contributed by atoms with van der Waals surface area (Å²) in [7, 11) is -3.44. The summed E-state index contributed by atoms with van der Waals surface area (Å²) in [5.74, 6) is 0.932. The fraction of sp³-hybridized carbons (Fsp3) is 0.700. The SMILES string of the molecule is NCC1CCN(S(=O)(=O)NCc2ccno2)CC1. The summed E-state index contributed by atoms with van der Waals surface area (Å²) < 4.78 is 32.8. The van der Waals surface area contributed by atoms with Gasteiger partial charge in [0.25, 0.3) is 10.2 Å². The Bertz CT molecular complexity index is 451. The van der Waals surface area contributed by atoms with Crippen LogP contribution in [0.4, 0.5) is 0 Å². The zero-order chi connectivity index (χ0) is 13.0. The first-order valence-electron chi connectivity index (χ1n) is 5.96. The minimum absolute atomic E-state index is 0.124. The van der Waals surface area contributed by atoms with Crippen LogP contribution >= 0.6 is 0 Å².